The molecule has 0 bridgehead atoms. The van der Waals surface area contributed by atoms with E-state index in [1.54, 1.807) is 0 Å². The second kappa shape index (κ2) is 33.0. The van der Waals surface area contributed by atoms with Gasteiger partial charge < -0.3 is 44.4 Å². The average Bonchev–Trinajstić information content (AvgIpc) is 2.08. The fourth-order valence-corrected chi connectivity index (χ4v) is 0. The molecule has 0 saturated heterocycles. The molecule has 0 aromatic heterocycles. The van der Waals surface area contributed by atoms with Gasteiger partial charge in [0.2, 0.25) is 0 Å². The first-order chi connectivity index (χ1) is 10.4. The molecule has 0 aromatic carbocycles. The summed E-state index contributed by atoms with van der Waals surface area (Å²) in [6.07, 6.45) is 0. The van der Waals surface area contributed by atoms with Gasteiger partial charge in [-0.25, -0.2) is 0 Å². The largest absolute Gasteiger partial charge is 0.550 e. The number of nitrogens with one attached hydrogen (secondary N) is 3. The standard InChI is InChI=1S/3C3H9N.3C2H4O2/c3*1-4(2)3;3*1-2(3)4/h3*1-3H3;3*1H3,(H,3,4). The van der Waals surface area contributed by atoms with E-state index >= 15 is 0 Å². The lowest BCUT2D eigenvalue weighted by Crippen LogP contribution is -3.02. The molecular weight excluding hydrogens is 318 g/mol. The third kappa shape index (κ3) is 2580. The van der Waals surface area contributed by atoms with Gasteiger partial charge in [-0.1, -0.05) is 0 Å². The van der Waals surface area contributed by atoms with Crippen molar-refractivity contribution in [2.45, 2.75) is 20.8 Å². The number of rotatable bonds is 0. The van der Waals surface area contributed by atoms with Crippen LogP contribution in [0, 0.1) is 0 Å². The molecule has 0 amide bonds. The number of carboxylic acids is 3. The highest BCUT2D eigenvalue weighted by molar-refractivity contribution is 5.60. The van der Waals surface area contributed by atoms with Crippen molar-refractivity contribution < 1.29 is 44.4 Å². The quantitative estimate of drug-likeness (QED) is 0.394. The number of carbonyl (C=O) groups is 3. The highest BCUT2D eigenvalue weighted by atomic mass is 16.4. The Morgan fingerprint density at radius 2 is 0.458 bits per heavy atom. The van der Waals surface area contributed by atoms with E-state index in [0.717, 1.165) is 20.8 Å². The Morgan fingerprint density at radius 3 is 0.458 bits per heavy atom. The Kier molecular flexibility index (Phi) is 52.4. The van der Waals surface area contributed by atoms with Crippen molar-refractivity contribution in [3.05, 3.63) is 0 Å². The molecule has 24 heavy (non-hydrogen) atoms. The highest BCUT2D eigenvalue weighted by Gasteiger charge is 1.62. The molecule has 0 spiro atoms. The summed E-state index contributed by atoms with van der Waals surface area (Å²) in [5.41, 5.74) is 0. The average molecular weight is 357 g/mol. The minimum absolute atomic E-state index is 0.972. The summed E-state index contributed by atoms with van der Waals surface area (Å²) in [6, 6.07) is 0. The summed E-state index contributed by atoms with van der Waals surface area (Å²) in [4.78, 5) is 30.9. The maximum atomic E-state index is 8.89. The van der Waals surface area contributed by atoms with Gasteiger partial charge in [-0.05, 0) is 20.8 Å². The van der Waals surface area contributed by atoms with Crippen LogP contribution in [0.3, 0.4) is 0 Å². The van der Waals surface area contributed by atoms with Gasteiger partial charge in [0.05, 0.1) is 63.4 Å². The summed E-state index contributed by atoms with van der Waals surface area (Å²) < 4.78 is 0. The van der Waals surface area contributed by atoms with Crippen molar-refractivity contribution in [2.24, 2.45) is 0 Å². The fraction of sp³-hybridized carbons (Fsp3) is 0.800. The Labute approximate surface area is 147 Å². The second-order valence-electron chi connectivity index (χ2n) is 5.97. The number of aliphatic carboxylic acids is 3. The van der Waals surface area contributed by atoms with E-state index < -0.39 is 17.9 Å². The van der Waals surface area contributed by atoms with E-state index in [-0.39, 0.29) is 0 Å². The van der Waals surface area contributed by atoms with Crippen molar-refractivity contribution in [2.75, 3.05) is 63.4 Å². The first-order valence-corrected chi connectivity index (χ1v) is 7.22. The lowest BCUT2D eigenvalue weighted by Gasteiger charge is -1.88. The van der Waals surface area contributed by atoms with Crippen LogP contribution < -0.4 is 30.0 Å². The molecule has 0 rings (SSSR count). The molecule has 0 aliphatic carbocycles. The Hall–Kier alpha value is -1.71. The minimum atomic E-state index is -1.08. The summed E-state index contributed by atoms with van der Waals surface area (Å²) >= 11 is 0. The molecular formula is C15H39N3O6. The van der Waals surface area contributed by atoms with E-state index in [1.807, 2.05) is 0 Å². The van der Waals surface area contributed by atoms with Gasteiger partial charge in [0.15, 0.2) is 0 Å². The van der Waals surface area contributed by atoms with Crippen LogP contribution in [-0.4, -0.2) is 81.3 Å². The van der Waals surface area contributed by atoms with Gasteiger partial charge in [-0.2, -0.15) is 0 Å². The SMILES string of the molecule is CC(=O)[O-].CC(=O)[O-].CC(=O)[O-].C[NH+](C)C.C[NH+](C)C.C[NH+](C)C. The first kappa shape index (κ1) is 38.1. The summed E-state index contributed by atoms with van der Waals surface area (Å²) in [5.74, 6) is -3.25. The van der Waals surface area contributed by atoms with E-state index in [4.69, 9.17) is 29.7 Å². The molecule has 0 aliphatic rings. The van der Waals surface area contributed by atoms with Crippen molar-refractivity contribution in [3.8, 4) is 0 Å². The Bertz CT molecular complexity index is 207. The lowest BCUT2D eigenvalue weighted by atomic mass is 10.9. The zero-order valence-electron chi connectivity index (χ0n) is 17.4. The van der Waals surface area contributed by atoms with E-state index in [0.29, 0.717) is 0 Å². The predicted molar refractivity (Wildman–Crippen MR) is 88.2 cm³/mol. The fourth-order valence-electron chi connectivity index (χ4n) is 0. The summed E-state index contributed by atoms with van der Waals surface area (Å²) in [6.45, 7) is 2.92. The molecule has 0 atom stereocenters. The third-order valence-electron chi connectivity index (χ3n) is 0. The van der Waals surface area contributed by atoms with Crippen LogP contribution >= 0.6 is 0 Å². The number of carbonyl (C=O) groups excluding carboxylic acids is 3. The van der Waals surface area contributed by atoms with Crippen LogP contribution in [0.1, 0.15) is 20.8 Å². The van der Waals surface area contributed by atoms with E-state index in [2.05, 4.69) is 63.4 Å². The zero-order chi connectivity index (χ0) is 21.5. The number of hydrogen-bond acceptors (Lipinski definition) is 6. The van der Waals surface area contributed by atoms with Crippen LogP contribution in [0.4, 0.5) is 0 Å². The normalized spacial score (nSPS) is 7.62. The molecule has 0 heterocycles. The van der Waals surface area contributed by atoms with E-state index in [9.17, 15) is 0 Å². The van der Waals surface area contributed by atoms with Crippen molar-refractivity contribution in [1.29, 1.82) is 0 Å². The van der Waals surface area contributed by atoms with Crippen molar-refractivity contribution in [1.82, 2.24) is 0 Å². The molecule has 0 aromatic rings. The Morgan fingerprint density at radius 1 is 0.458 bits per heavy atom. The molecule has 0 fully saturated rings. The lowest BCUT2D eigenvalue weighted by molar-refractivity contribution is -0.836. The maximum Gasteiger partial charge on any atom is 0.0661 e. The van der Waals surface area contributed by atoms with E-state index in [1.165, 1.54) is 14.7 Å². The number of quaternary nitrogens is 3. The van der Waals surface area contributed by atoms with Crippen LogP contribution in [-0.2, 0) is 14.4 Å². The third-order valence-corrected chi connectivity index (χ3v) is 0. The monoisotopic (exact) mass is 357 g/mol. The molecule has 3 N–H and O–H groups in total. The number of carboxylic acid groups (broad SMARTS) is 3. The highest BCUT2D eigenvalue weighted by Crippen LogP contribution is 1.31. The molecule has 0 aliphatic heterocycles. The Balaban J connectivity index is -0.0000000405. The zero-order valence-corrected chi connectivity index (χ0v) is 17.4. The van der Waals surface area contributed by atoms with Crippen LogP contribution in [0.25, 0.3) is 0 Å². The summed E-state index contributed by atoms with van der Waals surface area (Å²) in [7, 11) is 18.8. The molecule has 0 saturated carbocycles. The second-order valence-corrected chi connectivity index (χ2v) is 5.97. The molecule has 150 valence electrons. The number of hydrogen-bond donors (Lipinski definition) is 3. The van der Waals surface area contributed by atoms with Crippen LogP contribution in [0.2, 0.25) is 0 Å². The molecule has 0 unspecified atom stereocenters. The van der Waals surface area contributed by atoms with Gasteiger partial charge in [-0.3, -0.25) is 0 Å². The maximum absolute atomic E-state index is 8.89. The summed E-state index contributed by atoms with van der Waals surface area (Å²) in [5, 5.41) is 26.7. The topological polar surface area (TPSA) is 134 Å². The van der Waals surface area contributed by atoms with Crippen molar-refractivity contribution >= 4 is 17.9 Å². The van der Waals surface area contributed by atoms with Gasteiger partial charge in [0, 0.05) is 17.9 Å². The van der Waals surface area contributed by atoms with Crippen molar-refractivity contribution in [3.63, 3.8) is 0 Å². The van der Waals surface area contributed by atoms with Gasteiger partial charge in [-0.15, -0.1) is 0 Å². The van der Waals surface area contributed by atoms with Gasteiger partial charge in [0.1, 0.15) is 0 Å². The van der Waals surface area contributed by atoms with Gasteiger partial charge >= 0.3 is 0 Å². The first-order valence-electron chi connectivity index (χ1n) is 7.22. The van der Waals surface area contributed by atoms with Crippen LogP contribution in [0.15, 0.2) is 0 Å². The smallest absolute Gasteiger partial charge is 0.0661 e. The molecule has 9 nitrogen and oxygen atoms in total. The predicted octanol–water partition coefficient (Wildman–Crippen LogP) is -7.45. The molecule has 9 heteroatoms. The molecule has 0 radical (unpaired) electrons. The minimum Gasteiger partial charge on any atom is -0.550 e. The van der Waals surface area contributed by atoms with Gasteiger partial charge in [0.25, 0.3) is 0 Å². The van der Waals surface area contributed by atoms with Crippen LogP contribution in [0.5, 0.6) is 0 Å².